The normalized spacial score (nSPS) is 19.0. The molecule has 0 radical (unpaired) electrons. The van der Waals surface area contributed by atoms with E-state index in [-0.39, 0.29) is 11.0 Å². The number of hydrogen-bond acceptors (Lipinski definition) is 0. The molecular weight excluding hydrogens is 170 g/mol. The minimum Gasteiger partial charge on any atom is -0.202 e. The molecule has 0 spiro atoms. The predicted molar refractivity (Wildman–Crippen MR) is 62.8 cm³/mol. The van der Waals surface area contributed by atoms with Gasteiger partial charge in [-0.15, -0.1) is 0 Å². The Morgan fingerprint density at radius 1 is 1.07 bits per heavy atom. The van der Waals surface area contributed by atoms with Crippen molar-refractivity contribution in [1.29, 1.82) is 0 Å². The SMILES string of the molecule is CC(C)(C)C1=[N+](C(C)(C)C)C=CCC1. The molecule has 0 aromatic rings. The first-order valence-corrected chi connectivity index (χ1v) is 5.55. The maximum Gasteiger partial charge on any atom is 0.165 e. The van der Waals surface area contributed by atoms with Gasteiger partial charge in [0.05, 0.1) is 0 Å². The Bertz CT molecular complexity index is 269. The molecule has 0 N–H and O–H groups in total. The summed E-state index contributed by atoms with van der Waals surface area (Å²) in [6.07, 6.45) is 6.93. The zero-order chi connectivity index (χ0) is 11.0. The van der Waals surface area contributed by atoms with Crippen LogP contribution in [0.25, 0.3) is 0 Å². The highest BCUT2D eigenvalue weighted by molar-refractivity contribution is 5.85. The topological polar surface area (TPSA) is 3.01 Å². The van der Waals surface area contributed by atoms with Gasteiger partial charge in [-0.3, -0.25) is 0 Å². The molecule has 0 aromatic carbocycles. The lowest BCUT2D eigenvalue weighted by Crippen LogP contribution is -2.40. The fourth-order valence-corrected chi connectivity index (χ4v) is 1.98. The van der Waals surface area contributed by atoms with E-state index >= 15 is 0 Å². The van der Waals surface area contributed by atoms with Gasteiger partial charge >= 0.3 is 0 Å². The van der Waals surface area contributed by atoms with Crippen molar-refractivity contribution in [2.45, 2.75) is 59.9 Å². The zero-order valence-electron chi connectivity index (χ0n) is 10.5. The maximum atomic E-state index is 2.44. The summed E-state index contributed by atoms with van der Waals surface area (Å²) in [7, 11) is 0. The van der Waals surface area contributed by atoms with Gasteiger partial charge in [0.2, 0.25) is 0 Å². The monoisotopic (exact) mass is 194 g/mol. The summed E-state index contributed by atoms with van der Waals surface area (Å²) in [5, 5.41) is 0. The molecular formula is C13H24N+. The molecule has 0 aromatic heterocycles. The van der Waals surface area contributed by atoms with Crippen LogP contribution in [-0.2, 0) is 0 Å². The third-order valence-corrected chi connectivity index (χ3v) is 2.68. The fourth-order valence-electron chi connectivity index (χ4n) is 1.98. The summed E-state index contributed by atoms with van der Waals surface area (Å²) in [6.45, 7) is 13.7. The van der Waals surface area contributed by atoms with Crippen LogP contribution in [0.15, 0.2) is 12.3 Å². The van der Waals surface area contributed by atoms with Crippen LogP contribution < -0.4 is 0 Å². The van der Waals surface area contributed by atoms with Gasteiger partial charge in [-0.25, -0.2) is 4.58 Å². The number of allylic oxidation sites excluding steroid dienone is 1. The smallest absolute Gasteiger partial charge is 0.165 e. The molecule has 1 heterocycles. The van der Waals surface area contributed by atoms with Crippen LogP contribution in [0.3, 0.4) is 0 Å². The third-order valence-electron chi connectivity index (χ3n) is 2.68. The van der Waals surface area contributed by atoms with Gasteiger partial charge in [-0.2, -0.15) is 0 Å². The van der Waals surface area contributed by atoms with E-state index in [4.69, 9.17) is 0 Å². The first kappa shape index (κ1) is 11.5. The first-order valence-electron chi connectivity index (χ1n) is 5.55. The van der Waals surface area contributed by atoms with Crippen molar-refractivity contribution in [2.24, 2.45) is 5.41 Å². The van der Waals surface area contributed by atoms with E-state index in [2.05, 4.69) is 58.4 Å². The van der Waals surface area contributed by atoms with Crippen molar-refractivity contribution < 1.29 is 4.58 Å². The van der Waals surface area contributed by atoms with Gasteiger partial charge in [0.25, 0.3) is 0 Å². The average molecular weight is 194 g/mol. The molecule has 0 atom stereocenters. The zero-order valence-corrected chi connectivity index (χ0v) is 10.5. The highest BCUT2D eigenvalue weighted by Gasteiger charge is 2.34. The van der Waals surface area contributed by atoms with Crippen molar-refractivity contribution in [3.8, 4) is 0 Å². The molecule has 0 saturated carbocycles. The number of hydrogen-bond donors (Lipinski definition) is 0. The summed E-state index contributed by atoms with van der Waals surface area (Å²) < 4.78 is 2.44. The maximum absolute atomic E-state index is 2.44. The Hall–Kier alpha value is -0.590. The third kappa shape index (κ3) is 2.46. The Kier molecular flexibility index (Phi) is 2.89. The molecule has 1 heteroatoms. The second-order valence-electron chi connectivity index (χ2n) is 6.16. The second-order valence-corrected chi connectivity index (χ2v) is 6.16. The van der Waals surface area contributed by atoms with Crippen molar-refractivity contribution in [3.63, 3.8) is 0 Å². The minimum absolute atomic E-state index is 0.208. The van der Waals surface area contributed by atoms with Crippen LogP contribution in [0.5, 0.6) is 0 Å². The van der Waals surface area contributed by atoms with Crippen LogP contribution in [0.2, 0.25) is 0 Å². The van der Waals surface area contributed by atoms with Crippen LogP contribution in [0.1, 0.15) is 54.4 Å². The summed E-state index contributed by atoms with van der Waals surface area (Å²) in [5.41, 5.74) is 2.06. The quantitative estimate of drug-likeness (QED) is 0.518. The van der Waals surface area contributed by atoms with Crippen LogP contribution >= 0.6 is 0 Å². The molecule has 1 nitrogen and oxygen atoms in total. The molecule has 0 saturated heterocycles. The highest BCUT2D eigenvalue weighted by atomic mass is 15.1. The number of rotatable bonds is 0. The largest absolute Gasteiger partial charge is 0.202 e. The van der Waals surface area contributed by atoms with E-state index < -0.39 is 0 Å². The lowest BCUT2D eigenvalue weighted by Gasteiger charge is -2.27. The molecule has 0 aliphatic carbocycles. The van der Waals surface area contributed by atoms with Gasteiger partial charge < -0.3 is 0 Å². The summed E-state index contributed by atoms with van der Waals surface area (Å²) in [4.78, 5) is 0. The molecule has 0 unspecified atom stereocenters. The Labute approximate surface area is 88.5 Å². The molecule has 14 heavy (non-hydrogen) atoms. The molecule has 0 amide bonds. The first-order chi connectivity index (χ1) is 6.23. The molecule has 0 fully saturated rings. The van der Waals surface area contributed by atoms with E-state index in [0.717, 1.165) is 0 Å². The van der Waals surface area contributed by atoms with Crippen molar-refractivity contribution in [2.75, 3.05) is 0 Å². The summed E-state index contributed by atoms with van der Waals surface area (Å²) in [5.74, 6) is 0. The van der Waals surface area contributed by atoms with Gasteiger partial charge in [-0.1, -0.05) is 20.8 Å². The van der Waals surface area contributed by atoms with E-state index in [0.29, 0.717) is 0 Å². The standard InChI is InChI=1S/C13H24N/c1-12(2,3)11-9-7-8-10-14(11)13(4,5)6/h8,10H,7,9H2,1-6H3/q+1. The van der Waals surface area contributed by atoms with Gasteiger partial charge in [0.15, 0.2) is 17.5 Å². The Morgan fingerprint density at radius 2 is 1.64 bits per heavy atom. The predicted octanol–water partition coefficient (Wildman–Crippen LogP) is 3.59. The van der Waals surface area contributed by atoms with Gasteiger partial charge in [0, 0.05) is 32.6 Å². The van der Waals surface area contributed by atoms with E-state index in [1.807, 2.05) is 0 Å². The molecule has 1 aliphatic rings. The van der Waals surface area contributed by atoms with Gasteiger partial charge in [0.1, 0.15) is 0 Å². The van der Waals surface area contributed by atoms with Crippen molar-refractivity contribution in [1.82, 2.24) is 0 Å². The van der Waals surface area contributed by atoms with Crippen molar-refractivity contribution >= 4 is 5.71 Å². The second kappa shape index (κ2) is 3.52. The fraction of sp³-hybridized carbons (Fsp3) is 0.769. The molecule has 1 rings (SSSR count). The van der Waals surface area contributed by atoms with E-state index in [1.54, 1.807) is 5.71 Å². The van der Waals surface area contributed by atoms with Crippen LogP contribution in [0, 0.1) is 5.41 Å². The molecule has 0 bridgehead atoms. The van der Waals surface area contributed by atoms with Crippen molar-refractivity contribution in [3.05, 3.63) is 12.3 Å². The average Bonchev–Trinajstić information content (AvgIpc) is 2.01. The Balaban J connectivity index is 3.18. The highest BCUT2D eigenvalue weighted by Crippen LogP contribution is 2.25. The summed E-state index contributed by atoms with van der Waals surface area (Å²) in [6, 6.07) is 0. The van der Waals surface area contributed by atoms with E-state index in [1.165, 1.54) is 12.8 Å². The lowest BCUT2D eigenvalue weighted by molar-refractivity contribution is -0.540. The Morgan fingerprint density at radius 3 is 2.00 bits per heavy atom. The summed E-state index contributed by atoms with van der Waals surface area (Å²) >= 11 is 0. The number of nitrogens with zero attached hydrogens (tertiary/aromatic N) is 1. The van der Waals surface area contributed by atoms with Crippen LogP contribution in [0.4, 0.5) is 0 Å². The van der Waals surface area contributed by atoms with E-state index in [9.17, 15) is 0 Å². The van der Waals surface area contributed by atoms with Crippen LogP contribution in [-0.4, -0.2) is 15.8 Å². The molecule has 1 aliphatic heterocycles. The van der Waals surface area contributed by atoms with Gasteiger partial charge in [-0.05, 0) is 12.5 Å². The minimum atomic E-state index is 0.208. The lowest BCUT2D eigenvalue weighted by atomic mass is 9.84. The molecule has 80 valence electrons.